The third-order valence-corrected chi connectivity index (χ3v) is 3.94. The monoisotopic (exact) mass is 317 g/mol. The first-order valence-corrected chi connectivity index (χ1v) is 7.88. The van der Waals surface area contributed by atoms with Gasteiger partial charge < -0.3 is 10.6 Å². The lowest BCUT2D eigenvalue weighted by Gasteiger charge is -2.19. The van der Waals surface area contributed by atoms with Crippen molar-refractivity contribution in [1.29, 1.82) is 0 Å². The summed E-state index contributed by atoms with van der Waals surface area (Å²) >= 11 is 6.05. The third kappa shape index (κ3) is 4.58. The van der Waals surface area contributed by atoms with Crippen LogP contribution in [0.4, 0.5) is 5.69 Å². The molecule has 0 aromatic heterocycles. The van der Waals surface area contributed by atoms with E-state index in [0.717, 1.165) is 0 Å². The fraction of sp³-hybridized carbons (Fsp3) is 0.278. The van der Waals surface area contributed by atoms with Crippen molar-refractivity contribution in [3.05, 3.63) is 65.2 Å². The van der Waals surface area contributed by atoms with Gasteiger partial charge in [0.15, 0.2) is 6.54 Å². The maximum Gasteiger partial charge on any atom is 0.279 e. The number of halogens is 1. The summed E-state index contributed by atoms with van der Waals surface area (Å²) in [6, 6.07) is 17.8. The average molecular weight is 318 g/mol. The number of amides is 1. The molecule has 1 amide bonds. The smallest absolute Gasteiger partial charge is 0.279 e. The lowest BCUT2D eigenvalue weighted by Crippen LogP contribution is -2.88. The van der Waals surface area contributed by atoms with Gasteiger partial charge in [-0.2, -0.15) is 0 Å². The van der Waals surface area contributed by atoms with Gasteiger partial charge in [-0.1, -0.05) is 67.9 Å². The number of anilines is 1. The van der Waals surface area contributed by atoms with Crippen molar-refractivity contribution in [2.75, 3.05) is 11.9 Å². The van der Waals surface area contributed by atoms with Crippen LogP contribution in [0.3, 0.4) is 0 Å². The number of hydrogen-bond donors (Lipinski definition) is 2. The van der Waals surface area contributed by atoms with Gasteiger partial charge in [0, 0.05) is 11.5 Å². The molecule has 0 bridgehead atoms. The lowest BCUT2D eigenvalue weighted by molar-refractivity contribution is -0.692. The number of rotatable bonds is 6. The number of nitrogens with two attached hydrogens (primary N) is 1. The highest BCUT2D eigenvalue weighted by Gasteiger charge is 2.20. The number of carbonyl (C=O) groups is 1. The number of quaternary nitrogens is 1. The van der Waals surface area contributed by atoms with E-state index in [4.69, 9.17) is 11.6 Å². The highest BCUT2D eigenvalue weighted by molar-refractivity contribution is 6.33. The largest absolute Gasteiger partial charge is 0.332 e. The second-order valence-electron chi connectivity index (χ2n) is 5.65. The first-order chi connectivity index (χ1) is 10.6. The van der Waals surface area contributed by atoms with Crippen molar-refractivity contribution in [3.8, 4) is 0 Å². The van der Waals surface area contributed by atoms with Crippen molar-refractivity contribution in [2.45, 2.75) is 19.9 Å². The molecule has 0 heterocycles. The zero-order valence-corrected chi connectivity index (χ0v) is 13.7. The third-order valence-electron chi connectivity index (χ3n) is 3.61. The van der Waals surface area contributed by atoms with E-state index in [1.807, 2.05) is 30.3 Å². The summed E-state index contributed by atoms with van der Waals surface area (Å²) in [4.78, 5) is 12.1. The Labute approximate surface area is 136 Å². The predicted octanol–water partition coefficient (Wildman–Crippen LogP) is 3.24. The van der Waals surface area contributed by atoms with Crippen LogP contribution in [0.5, 0.6) is 0 Å². The van der Waals surface area contributed by atoms with E-state index in [1.54, 1.807) is 12.1 Å². The molecule has 3 nitrogen and oxygen atoms in total. The van der Waals surface area contributed by atoms with Gasteiger partial charge in [0.05, 0.1) is 10.7 Å². The summed E-state index contributed by atoms with van der Waals surface area (Å²) in [5.41, 5.74) is 1.89. The first-order valence-electron chi connectivity index (χ1n) is 7.50. The summed E-state index contributed by atoms with van der Waals surface area (Å²) in [6.07, 6.45) is 0. The number of nitrogens with one attached hydrogen (secondary N) is 1. The van der Waals surface area contributed by atoms with Gasteiger partial charge in [-0.3, -0.25) is 4.79 Å². The number of benzene rings is 2. The van der Waals surface area contributed by atoms with Crippen LogP contribution in [0.25, 0.3) is 0 Å². The Morgan fingerprint density at radius 1 is 1.09 bits per heavy atom. The predicted molar refractivity (Wildman–Crippen MR) is 90.9 cm³/mol. The molecule has 0 aliphatic heterocycles. The molecule has 2 aromatic carbocycles. The van der Waals surface area contributed by atoms with E-state index < -0.39 is 0 Å². The van der Waals surface area contributed by atoms with Crippen molar-refractivity contribution >= 4 is 23.2 Å². The zero-order valence-electron chi connectivity index (χ0n) is 12.9. The first kappa shape index (κ1) is 16.5. The second-order valence-corrected chi connectivity index (χ2v) is 6.06. The van der Waals surface area contributed by atoms with E-state index in [0.29, 0.717) is 23.2 Å². The maximum absolute atomic E-state index is 12.1. The average Bonchev–Trinajstić information content (AvgIpc) is 2.50. The molecule has 0 aliphatic carbocycles. The molecule has 0 unspecified atom stereocenters. The van der Waals surface area contributed by atoms with Gasteiger partial charge in [-0.25, -0.2) is 0 Å². The Bertz CT molecular complexity index is 613. The summed E-state index contributed by atoms with van der Waals surface area (Å²) < 4.78 is 0. The molecule has 0 radical (unpaired) electrons. The zero-order chi connectivity index (χ0) is 15.9. The van der Waals surface area contributed by atoms with Crippen LogP contribution in [-0.2, 0) is 4.79 Å². The highest BCUT2D eigenvalue weighted by Crippen LogP contribution is 2.20. The molecular formula is C18H22ClN2O+. The molecule has 2 aromatic rings. The molecule has 0 saturated carbocycles. The van der Waals surface area contributed by atoms with Gasteiger partial charge in [-0.15, -0.1) is 0 Å². The summed E-state index contributed by atoms with van der Waals surface area (Å²) in [7, 11) is 0. The van der Waals surface area contributed by atoms with Crippen LogP contribution in [0.15, 0.2) is 54.6 Å². The van der Waals surface area contributed by atoms with Crippen molar-refractivity contribution in [1.82, 2.24) is 0 Å². The Hall–Kier alpha value is -1.84. The Balaban J connectivity index is 1.95. The number of para-hydroxylation sites is 1. The van der Waals surface area contributed by atoms with Crippen molar-refractivity contribution < 1.29 is 10.1 Å². The molecule has 3 N–H and O–H groups in total. The van der Waals surface area contributed by atoms with E-state index in [9.17, 15) is 4.79 Å². The normalized spacial score (nSPS) is 12.2. The van der Waals surface area contributed by atoms with Crippen molar-refractivity contribution in [2.24, 2.45) is 5.92 Å². The number of carbonyl (C=O) groups excluding carboxylic acids is 1. The van der Waals surface area contributed by atoms with Gasteiger partial charge in [0.1, 0.15) is 6.04 Å². The molecule has 0 aliphatic rings. The van der Waals surface area contributed by atoms with Gasteiger partial charge in [0.2, 0.25) is 0 Å². The maximum atomic E-state index is 12.1. The van der Waals surface area contributed by atoms with Crippen LogP contribution in [0, 0.1) is 5.92 Å². The Morgan fingerprint density at radius 2 is 1.73 bits per heavy atom. The van der Waals surface area contributed by atoms with Crippen molar-refractivity contribution in [3.63, 3.8) is 0 Å². The molecule has 0 spiro atoms. The molecular weight excluding hydrogens is 296 g/mol. The minimum Gasteiger partial charge on any atom is -0.332 e. The quantitative estimate of drug-likeness (QED) is 0.844. The molecule has 1 atom stereocenters. The van der Waals surface area contributed by atoms with Crippen LogP contribution in [0.1, 0.15) is 25.5 Å². The van der Waals surface area contributed by atoms with Crippen LogP contribution in [0.2, 0.25) is 5.02 Å². The molecule has 2 rings (SSSR count). The summed E-state index contributed by atoms with van der Waals surface area (Å²) in [6.45, 7) is 4.70. The lowest BCUT2D eigenvalue weighted by atomic mass is 9.96. The topological polar surface area (TPSA) is 45.7 Å². The van der Waals surface area contributed by atoms with Gasteiger partial charge in [0.25, 0.3) is 5.91 Å². The number of hydrogen-bond acceptors (Lipinski definition) is 1. The van der Waals surface area contributed by atoms with Gasteiger partial charge in [-0.05, 0) is 12.1 Å². The van der Waals surface area contributed by atoms with E-state index in [-0.39, 0.29) is 11.9 Å². The minimum atomic E-state index is -0.0466. The highest BCUT2D eigenvalue weighted by atomic mass is 35.5. The molecule has 0 fully saturated rings. The van der Waals surface area contributed by atoms with Crippen LogP contribution >= 0.6 is 11.6 Å². The fourth-order valence-electron chi connectivity index (χ4n) is 2.47. The second kappa shape index (κ2) is 7.97. The Morgan fingerprint density at radius 3 is 2.36 bits per heavy atom. The summed E-state index contributed by atoms with van der Waals surface area (Å²) in [5, 5.41) is 5.48. The van der Waals surface area contributed by atoms with E-state index in [1.165, 1.54) is 5.56 Å². The molecule has 22 heavy (non-hydrogen) atoms. The SMILES string of the molecule is CC(C)[C@H]([NH2+]CC(=O)Nc1ccccc1Cl)c1ccccc1. The fourth-order valence-corrected chi connectivity index (χ4v) is 2.65. The molecule has 116 valence electrons. The standard InChI is InChI=1S/C18H21ClN2O/c1-13(2)18(14-8-4-3-5-9-14)20-12-17(22)21-16-11-7-6-10-15(16)19/h3-11,13,18,20H,12H2,1-2H3,(H,21,22)/p+1/t18-/m0/s1. The summed E-state index contributed by atoms with van der Waals surface area (Å²) in [5.74, 6) is 0.394. The molecule has 0 saturated heterocycles. The minimum absolute atomic E-state index is 0.0466. The molecule has 4 heteroatoms. The van der Waals surface area contributed by atoms with Crippen LogP contribution < -0.4 is 10.6 Å². The Kier molecular flexibility index (Phi) is 5.99. The van der Waals surface area contributed by atoms with Crippen LogP contribution in [-0.4, -0.2) is 12.5 Å². The van der Waals surface area contributed by atoms with E-state index >= 15 is 0 Å². The van der Waals surface area contributed by atoms with E-state index in [2.05, 4.69) is 36.6 Å². The van der Waals surface area contributed by atoms with Gasteiger partial charge >= 0.3 is 0 Å².